The number of nitrogens with one attached hydrogen (secondary N) is 1. The maximum absolute atomic E-state index is 13.6. The third kappa shape index (κ3) is 5.44. The minimum Gasteiger partial charge on any atom is -0.439 e. The summed E-state index contributed by atoms with van der Waals surface area (Å²) in [5, 5.41) is 7.55. The Balaban J connectivity index is 1.90. The van der Waals surface area contributed by atoms with Crippen molar-refractivity contribution in [3.05, 3.63) is 71.7 Å². The van der Waals surface area contributed by atoms with E-state index in [9.17, 15) is 9.18 Å². The van der Waals surface area contributed by atoms with Gasteiger partial charge in [-0.05, 0) is 43.5 Å². The number of hydrogen-bond donors (Lipinski definition) is 1. The average molecular weight is 395 g/mol. The molecule has 0 spiro atoms. The lowest BCUT2D eigenvalue weighted by molar-refractivity contribution is -0.121. The molecule has 0 saturated carbocycles. The number of rotatable bonds is 8. The van der Waals surface area contributed by atoms with E-state index >= 15 is 0 Å². The summed E-state index contributed by atoms with van der Waals surface area (Å²) in [6.07, 6.45) is 0.806. The molecule has 0 radical (unpaired) electrons. The Morgan fingerprint density at radius 1 is 1.17 bits per heavy atom. The molecule has 0 saturated heterocycles. The van der Waals surface area contributed by atoms with Gasteiger partial charge in [0.15, 0.2) is 0 Å². The van der Waals surface area contributed by atoms with E-state index in [1.54, 1.807) is 16.8 Å². The minimum atomic E-state index is -0.375. The normalized spacial score (nSPS) is 10.9. The van der Waals surface area contributed by atoms with Gasteiger partial charge in [-0.2, -0.15) is 5.10 Å². The Hall–Kier alpha value is -3.15. The second kappa shape index (κ2) is 9.37. The molecule has 1 heterocycles. The fraction of sp³-hybridized carbons (Fsp3) is 0.304. The molecule has 1 amide bonds. The minimum absolute atomic E-state index is 0.0118. The Bertz CT molecular complexity index is 968. The van der Waals surface area contributed by atoms with Crippen LogP contribution in [0.15, 0.2) is 54.6 Å². The average Bonchev–Trinajstić information content (AvgIpc) is 3.00. The van der Waals surface area contributed by atoms with Crippen LogP contribution >= 0.6 is 0 Å². The fourth-order valence-electron chi connectivity index (χ4n) is 2.96. The molecule has 5 nitrogen and oxygen atoms in total. The van der Waals surface area contributed by atoms with Gasteiger partial charge in [-0.15, -0.1) is 0 Å². The maximum atomic E-state index is 13.6. The summed E-state index contributed by atoms with van der Waals surface area (Å²) < 4.78 is 21.4. The molecule has 3 rings (SSSR count). The number of hydrogen-bond acceptors (Lipinski definition) is 3. The molecule has 0 aliphatic carbocycles. The molecule has 2 aromatic carbocycles. The molecule has 0 fully saturated rings. The third-order valence-electron chi connectivity index (χ3n) is 4.46. The van der Waals surface area contributed by atoms with E-state index in [4.69, 9.17) is 4.74 Å². The predicted octanol–water partition coefficient (Wildman–Crippen LogP) is 4.82. The first kappa shape index (κ1) is 20.6. The smallest absolute Gasteiger partial charge is 0.226 e. The van der Waals surface area contributed by atoms with E-state index in [-0.39, 0.29) is 11.7 Å². The van der Waals surface area contributed by atoms with Crippen LogP contribution in [0.4, 0.5) is 4.39 Å². The summed E-state index contributed by atoms with van der Waals surface area (Å²) in [6, 6.07) is 15.6. The van der Waals surface area contributed by atoms with Crippen LogP contribution in [0.2, 0.25) is 0 Å². The Kier molecular flexibility index (Phi) is 6.65. The first-order valence-corrected chi connectivity index (χ1v) is 9.78. The van der Waals surface area contributed by atoms with Crippen LogP contribution in [0, 0.1) is 18.7 Å². The van der Waals surface area contributed by atoms with Crippen molar-refractivity contribution in [2.75, 3.05) is 6.54 Å². The van der Waals surface area contributed by atoms with Crippen LogP contribution < -0.4 is 10.1 Å². The first-order chi connectivity index (χ1) is 13.9. The lowest BCUT2D eigenvalue weighted by Crippen LogP contribution is -2.27. The molecule has 152 valence electrons. The molecule has 0 unspecified atom stereocenters. The van der Waals surface area contributed by atoms with Gasteiger partial charge in [0.2, 0.25) is 11.8 Å². The molecule has 29 heavy (non-hydrogen) atoms. The van der Waals surface area contributed by atoms with Gasteiger partial charge in [0.05, 0.1) is 11.4 Å². The topological polar surface area (TPSA) is 56.2 Å². The number of para-hydroxylation sites is 1. The van der Waals surface area contributed by atoms with Crippen LogP contribution in [-0.4, -0.2) is 22.2 Å². The summed E-state index contributed by atoms with van der Waals surface area (Å²) in [4.78, 5) is 12.2. The highest BCUT2D eigenvalue weighted by Gasteiger charge is 2.20. The SMILES string of the molecule is Cc1nn(-c2ccccc2)c(Oc2cccc(F)c2)c1CCC(=O)NCC(C)C. The highest BCUT2D eigenvalue weighted by molar-refractivity contribution is 5.76. The fourth-order valence-corrected chi connectivity index (χ4v) is 2.96. The van der Waals surface area contributed by atoms with Crippen LogP contribution in [-0.2, 0) is 11.2 Å². The first-order valence-electron chi connectivity index (χ1n) is 9.78. The zero-order valence-corrected chi connectivity index (χ0v) is 17.0. The van der Waals surface area contributed by atoms with Crippen LogP contribution in [0.25, 0.3) is 5.69 Å². The highest BCUT2D eigenvalue weighted by Crippen LogP contribution is 2.31. The van der Waals surface area contributed by atoms with E-state index in [0.717, 1.165) is 16.9 Å². The van der Waals surface area contributed by atoms with Crippen molar-refractivity contribution in [3.8, 4) is 17.3 Å². The number of ether oxygens (including phenoxy) is 1. The summed E-state index contributed by atoms with van der Waals surface area (Å²) >= 11 is 0. The third-order valence-corrected chi connectivity index (χ3v) is 4.46. The van der Waals surface area contributed by atoms with Crippen molar-refractivity contribution in [3.63, 3.8) is 0 Å². The second-order valence-electron chi connectivity index (χ2n) is 7.37. The van der Waals surface area contributed by atoms with Gasteiger partial charge >= 0.3 is 0 Å². The van der Waals surface area contributed by atoms with Gasteiger partial charge in [-0.25, -0.2) is 9.07 Å². The van der Waals surface area contributed by atoms with Gasteiger partial charge in [-0.3, -0.25) is 4.79 Å². The van der Waals surface area contributed by atoms with E-state index in [0.29, 0.717) is 36.9 Å². The standard InChI is InChI=1S/C23H26FN3O2/c1-16(2)15-25-22(28)13-12-21-17(3)26-27(19-9-5-4-6-10-19)23(21)29-20-11-7-8-18(24)14-20/h4-11,14,16H,12-13,15H2,1-3H3,(H,25,28). The van der Waals surface area contributed by atoms with Gasteiger partial charge < -0.3 is 10.1 Å². The quantitative estimate of drug-likeness (QED) is 0.595. The Labute approximate surface area is 170 Å². The predicted molar refractivity (Wildman–Crippen MR) is 111 cm³/mol. The van der Waals surface area contributed by atoms with E-state index < -0.39 is 0 Å². The molecule has 0 aliphatic heterocycles. The summed E-state index contributed by atoms with van der Waals surface area (Å²) in [6.45, 7) is 6.64. The Morgan fingerprint density at radius 2 is 1.93 bits per heavy atom. The number of aryl methyl sites for hydroxylation is 1. The zero-order chi connectivity index (χ0) is 20.8. The molecule has 0 bridgehead atoms. The monoisotopic (exact) mass is 395 g/mol. The Morgan fingerprint density at radius 3 is 2.62 bits per heavy atom. The number of carbonyl (C=O) groups is 1. The largest absolute Gasteiger partial charge is 0.439 e. The van der Waals surface area contributed by atoms with Crippen molar-refractivity contribution in [2.24, 2.45) is 5.92 Å². The number of aromatic nitrogens is 2. The van der Waals surface area contributed by atoms with Crippen molar-refractivity contribution in [2.45, 2.75) is 33.6 Å². The number of carbonyl (C=O) groups excluding carboxylic acids is 1. The summed E-state index contributed by atoms with van der Waals surface area (Å²) in [7, 11) is 0. The van der Waals surface area contributed by atoms with Crippen LogP contribution in [0.5, 0.6) is 11.6 Å². The van der Waals surface area contributed by atoms with Crippen molar-refractivity contribution in [1.29, 1.82) is 0 Å². The van der Waals surface area contributed by atoms with Crippen molar-refractivity contribution >= 4 is 5.91 Å². The number of amides is 1. The van der Waals surface area contributed by atoms with E-state index in [1.165, 1.54) is 12.1 Å². The van der Waals surface area contributed by atoms with Gasteiger partial charge in [0.25, 0.3) is 0 Å². The van der Waals surface area contributed by atoms with E-state index in [2.05, 4.69) is 24.3 Å². The van der Waals surface area contributed by atoms with E-state index in [1.807, 2.05) is 37.3 Å². The number of benzene rings is 2. The van der Waals surface area contributed by atoms with Gasteiger partial charge in [-0.1, -0.05) is 38.1 Å². The molecule has 0 atom stereocenters. The van der Waals surface area contributed by atoms with Crippen molar-refractivity contribution < 1.29 is 13.9 Å². The lowest BCUT2D eigenvalue weighted by atomic mass is 10.1. The number of nitrogens with zero attached hydrogens (tertiary/aromatic N) is 2. The lowest BCUT2D eigenvalue weighted by Gasteiger charge is -2.12. The van der Waals surface area contributed by atoms with Crippen LogP contribution in [0.3, 0.4) is 0 Å². The van der Waals surface area contributed by atoms with Crippen LogP contribution in [0.1, 0.15) is 31.5 Å². The zero-order valence-electron chi connectivity index (χ0n) is 17.0. The summed E-state index contributed by atoms with van der Waals surface area (Å²) in [5.74, 6) is 0.888. The summed E-state index contributed by atoms with van der Waals surface area (Å²) in [5.41, 5.74) is 2.44. The molecule has 6 heteroatoms. The number of halogens is 1. The molecule has 1 N–H and O–H groups in total. The molecular weight excluding hydrogens is 369 g/mol. The molecule has 1 aromatic heterocycles. The second-order valence-corrected chi connectivity index (χ2v) is 7.37. The molecule has 0 aliphatic rings. The maximum Gasteiger partial charge on any atom is 0.226 e. The van der Waals surface area contributed by atoms with Crippen molar-refractivity contribution in [1.82, 2.24) is 15.1 Å². The van der Waals surface area contributed by atoms with Gasteiger partial charge in [0.1, 0.15) is 11.6 Å². The molecular formula is C23H26FN3O2. The highest BCUT2D eigenvalue weighted by atomic mass is 19.1. The van der Waals surface area contributed by atoms with Gasteiger partial charge in [0, 0.05) is 24.6 Å². The molecule has 3 aromatic rings.